The first-order valence-electron chi connectivity index (χ1n) is 9.00. The number of allylic oxidation sites excluding steroid dienone is 5. The van der Waals surface area contributed by atoms with Gasteiger partial charge in [-0.1, -0.05) is 29.8 Å². The smallest absolute Gasteiger partial charge is 0.0413 e. The van der Waals surface area contributed by atoms with E-state index in [0.29, 0.717) is 0 Å². The van der Waals surface area contributed by atoms with E-state index in [-0.39, 0.29) is 0 Å². The molecule has 0 amide bonds. The highest BCUT2D eigenvalue weighted by Crippen LogP contribution is 2.39. The minimum atomic E-state index is 0.830. The third kappa shape index (κ3) is 4.21. The molecule has 0 saturated heterocycles. The van der Waals surface area contributed by atoms with Crippen LogP contribution in [0.2, 0.25) is 0 Å². The maximum atomic E-state index is 4.66. The van der Waals surface area contributed by atoms with Crippen molar-refractivity contribution in [1.29, 1.82) is 0 Å². The van der Waals surface area contributed by atoms with Crippen LogP contribution in [0.1, 0.15) is 44.7 Å². The molecule has 1 aliphatic carbocycles. The second kappa shape index (κ2) is 7.57. The van der Waals surface area contributed by atoms with E-state index in [1.165, 1.54) is 57.7 Å². The van der Waals surface area contributed by atoms with E-state index in [1.54, 1.807) is 0 Å². The van der Waals surface area contributed by atoms with Crippen LogP contribution in [0.15, 0.2) is 63.4 Å². The molecule has 1 heterocycles. The van der Waals surface area contributed by atoms with Crippen LogP contribution in [0.3, 0.4) is 0 Å². The van der Waals surface area contributed by atoms with E-state index in [4.69, 9.17) is 0 Å². The van der Waals surface area contributed by atoms with Crippen molar-refractivity contribution in [3.63, 3.8) is 0 Å². The van der Waals surface area contributed by atoms with Crippen molar-refractivity contribution in [2.24, 2.45) is 0 Å². The van der Waals surface area contributed by atoms with E-state index in [9.17, 15) is 0 Å². The number of aryl methyl sites for hydroxylation is 1. The van der Waals surface area contributed by atoms with Crippen molar-refractivity contribution < 1.29 is 0 Å². The molecule has 0 bridgehead atoms. The highest BCUT2D eigenvalue weighted by molar-refractivity contribution is 7.84. The molecular weight excluding hydrogens is 324 g/mol. The zero-order valence-electron chi connectivity index (χ0n) is 15.7. The van der Waals surface area contributed by atoms with E-state index in [1.807, 2.05) is 0 Å². The molecule has 1 fully saturated rings. The Bertz CT molecular complexity index is 799. The van der Waals surface area contributed by atoms with Crippen LogP contribution in [0, 0.1) is 6.92 Å². The molecule has 3 rings (SSSR count). The third-order valence-electron chi connectivity index (χ3n) is 4.79. The van der Waals surface area contributed by atoms with Crippen LogP contribution in [0.25, 0.3) is 5.57 Å². The van der Waals surface area contributed by atoms with Crippen molar-refractivity contribution in [2.45, 2.75) is 40.5 Å². The lowest BCUT2D eigenvalue weighted by Gasteiger charge is -2.22. The normalized spacial score (nSPS) is 16.2. The Balaban J connectivity index is 1.90. The molecule has 1 saturated carbocycles. The van der Waals surface area contributed by atoms with Gasteiger partial charge in [0, 0.05) is 35.0 Å². The highest BCUT2D eigenvalue weighted by Gasteiger charge is 2.23. The molecule has 1 aromatic rings. The van der Waals surface area contributed by atoms with Gasteiger partial charge in [0.1, 0.15) is 0 Å². The highest BCUT2D eigenvalue weighted by atomic mass is 32.1. The molecule has 2 nitrogen and oxygen atoms in total. The number of rotatable bonds is 5. The molecule has 2 aliphatic rings. The van der Waals surface area contributed by atoms with Gasteiger partial charge in [0.2, 0.25) is 0 Å². The second-order valence-electron chi connectivity index (χ2n) is 7.19. The van der Waals surface area contributed by atoms with E-state index >= 15 is 0 Å². The molecule has 3 heteroatoms. The SMILES string of the molecule is CC1=CC(S)=C(CNC(=C2CC2)C(=C(C)C)c2ccccc2C)CN1. The van der Waals surface area contributed by atoms with Gasteiger partial charge in [0.25, 0.3) is 0 Å². The number of dihydropyridines is 1. The van der Waals surface area contributed by atoms with Gasteiger partial charge in [0.15, 0.2) is 0 Å². The minimum Gasteiger partial charge on any atom is -0.385 e. The summed E-state index contributed by atoms with van der Waals surface area (Å²) in [6.07, 6.45) is 4.51. The van der Waals surface area contributed by atoms with Gasteiger partial charge in [-0.3, -0.25) is 0 Å². The molecular formula is C22H28N2S. The van der Waals surface area contributed by atoms with Crippen LogP contribution in [0.5, 0.6) is 0 Å². The summed E-state index contributed by atoms with van der Waals surface area (Å²) in [5.74, 6) is 0. The Morgan fingerprint density at radius 1 is 1.16 bits per heavy atom. The summed E-state index contributed by atoms with van der Waals surface area (Å²) in [6.45, 7) is 10.4. The van der Waals surface area contributed by atoms with Crippen LogP contribution >= 0.6 is 12.6 Å². The predicted octanol–water partition coefficient (Wildman–Crippen LogP) is 5.12. The summed E-state index contributed by atoms with van der Waals surface area (Å²) in [6, 6.07) is 8.67. The molecule has 2 N–H and O–H groups in total. The topological polar surface area (TPSA) is 24.1 Å². The maximum absolute atomic E-state index is 4.66. The van der Waals surface area contributed by atoms with Gasteiger partial charge in [-0.05, 0) is 68.9 Å². The Morgan fingerprint density at radius 3 is 2.48 bits per heavy atom. The first-order valence-corrected chi connectivity index (χ1v) is 9.45. The van der Waals surface area contributed by atoms with Crippen molar-refractivity contribution in [2.75, 3.05) is 13.1 Å². The van der Waals surface area contributed by atoms with Crippen LogP contribution in [-0.4, -0.2) is 13.1 Å². The zero-order valence-corrected chi connectivity index (χ0v) is 16.6. The van der Waals surface area contributed by atoms with Gasteiger partial charge in [-0.25, -0.2) is 0 Å². The summed E-state index contributed by atoms with van der Waals surface area (Å²) in [5.41, 5.74) is 10.7. The number of nitrogens with one attached hydrogen (secondary N) is 2. The predicted molar refractivity (Wildman–Crippen MR) is 111 cm³/mol. The fourth-order valence-corrected chi connectivity index (χ4v) is 3.60. The molecule has 0 atom stereocenters. The van der Waals surface area contributed by atoms with Crippen LogP contribution in [0.4, 0.5) is 0 Å². The number of hydrogen-bond acceptors (Lipinski definition) is 3. The van der Waals surface area contributed by atoms with Crippen molar-refractivity contribution in [3.8, 4) is 0 Å². The second-order valence-corrected chi connectivity index (χ2v) is 7.67. The Morgan fingerprint density at radius 2 is 1.88 bits per heavy atom. The number of thiol groups is 1. The lowest BCUT2D eigenvalue weighted by molar-refractivity contribution is 0.787. The van der Waals surface area contributed by atoms with Crippen molar-refractivity contribution in [1.82, 2.24) is 10.6 Å². The van der Waals surface area contributed by atoms with Gasteiger partial charge in [0.05, 0.1) is 0 Å². The molecule has 1 aliphatic heterocycles. The van der Waals surface area contributed by atoms with Gasteiger partial charge in [-0.2, -0.15) is 0 Å². The first kappa shape index (κ1) is 17.9. The Kier molecular flexibility index (Phi) is 5.43. The fraction of sp³-hybridized carbons (Fsp3) is 0.364. The fourth-order valence-electron chi connectivity index (χ4n) is 3.25. The third-order valence-corrected chi connectivity index (χ3v) is 5.24. The van der Waals surface area contributed by atoms with Crippen LogP contribution in [-0.2, 0) is 0 Å². The molecule has 132 valence electrons. The molecule has 0 radical (unpaired) electrons. The minimum absolute atomic E-state index is 0.830. The average molecular weight is 353 g/mol. The summed E-state index contributed by atoms with van der Waals surface area (Å²) in [7, 11) is 0. The molecule has 25 heavy (non-hydrogen) atoms. The standard InChI is InChI=1S/C22H28N2S/c1-14(2)21(19-8-6-5-7-15(19)3)22(17-9-10-17)24-13-18-12-23-16(4)11-20(18)25/h5-8,11,23-25H,9-10,12-13H2,1-4H3. The summed E-state index contributed by atoms with van der Waals surface area (Å²) in [5, 5.41) is 7.16. The summed E-state index contributed by atoms with van der Waals surface area (Å²) in [4.78, 5) is 1.08. The Labute approximate surface area is 157 Å². The molecule has 0 unspecified atom stereocenters. The van der Waals surface area contributed by atoms with E-state index in [0.717, 1.165) is 18.0 Å². The van der Waals surface area contributed by atoms with E-state index < -0.39 is 0 Å². The molecule has 0 aromatic heterocycles. The number of benzene rings is 1. The average Bonchev–Trinajstić information content (AvgIpc) is 3.38. The maximum Gasteiger partial charge on any atom is 0.0413 e. The first-order chi connectivity index (χ1) is 12.0. The van der Waals surface area contributed by atoms with Gasteiger partial charge < -0.3 is 10.6 Å². The monoisotopic (exact) mass is 352 g/mol. The molecule has 0 spiro atoms. The van der Waals surface area contributed by atoms with Gasteiger partial charge >= 0.3 is 0 Å². The summed E-state index contributed by atoms with van der Waals surface area (Å²) >= 11 is 4.66. The zero-order chi connectivity index (χ0) is 18.0. The Hall–Kier alpha value is -1.87. The van der Waals surface area contributed by atoms with Crippen molar-refractivity contribution in [3.05, 3.63) is 74.5 Å². The number of hydrogen-bond donors (Lipinski definition) is 3. The lowest BCUT2D eigenvalue weighted by atomic mass is 9.93. The lowest BCUT2D eigenvalue weighted by Crippen LogP contribution is -2.27. The quantitative estimate of drug-likeness (QED) is 0.641. The van der Waals surface area contributed by atoms with Crippen molar-refractivity contribution >= 4 is 18.2 Å². The summed E-state index contributed by atoms with van der Waals surface area (Å²) < 4.78 is 0. The molecule has 1 aromatic carbocycles. The van der Waals surface area contributed by atoms with Gasteiger partial charge in [-0.15, -0.1) is 12.6 Å². The van der Waals surface area contributed by atoms with Crippen LogP contribution < -0.4 is 10.6 Å². The largest absolute Gasteiger partial charge is 0.385 e. The van der Waals surface area contributed by atoms with E-state index in [2.05, 4.69) is 81.3 Å².